The van der Waals surface area contributed by atoms with Crippen LogP contribution in [-0.2, 0) is 5.41 Å². The smallest absolute Gasteiger partial charge is 0.253 e. The van der Waals surface area contributed by atoms with Crippen molar-refractivity contribution < 1.29 is 4.79 Å². The van der Waals surface area contributed by atoms with Crippen LogP contribution in [0.2, 0.25) is 0 Å². The topological polar surface area (TPSA) is 88.2 Å². The van der Waals surface area contributed by atoms with Gasteiger partial charge in [-0.3, -0.25) is 9.78 Å². The van der Waals surface area contributed by atoms with Crippen LogP contribution in [0.3, 0.4) is 0 Å². The second-order valence-electron chi connectivity index (χ2n) is 10.3. The molecule has 2 aliphatic heterocycles. The predicted molar refractivity (Wildman–Crippen MR) is 132 cm³/mol. The molecular weight excluding hydrogens is 424 g/mol. The number of amides is 1. The molecule has 3 aromatic rings. The molecule has 1 aromatic carbocycles. The summed E-state index contributed by atoms with van der Waals surface area (Å²) in [6.07, 6.45) is 8.74. The van der Waals surface area contributed by atoms with E-state index in [1.807, 2.05) is 41.7 Å². The number of carbonyl (C=O) groups excluding carboxylic acids is 1. The van der Waals surface area contributed by atoms with Crippen LogP contribution in [0.4, 0.5) is 11.6 Å². The summed E-state index contributed by atoms with van der Waals surface area (Å²) in [5.41, 5.74) is 12.3. The molecule has 1 saturated heterocycles. The van der Waals surface area contributed by atoms with E-state index in [4.69, 9.17) is 15.7 Å². The number of hydrogen-bond donors (Lipinski definition) is 1. The first-order valence-electron chi connectivity index (χ1n) is 12.2. The first-order chi connectivity index (χ1) is 16.4. The molecule has 2 fully saturated rings. The summed E-state index contributed by atoms with van der Waals surface area (Å²) < 4.78 is 0. The highest BCUT2D eigenvalue weighted by Gasteiger charge is 2.52. The second-order valence-corrected chi connectivity index (χ2v) is 10.3. The van der Waals surface area contributed by atoms with Gasteiger partial charge in [0, 0.05) is 66.5 Å². The Labute approximate surface area is 200 Å². The average Bonchev–Trinajstić information content (AvgIpc) is 3.40. The predicted octanol–water partition coefficient (Wildman–Crippen LogP) is 4.02. The van der Waals surface area contributed by atoms with Gasteiger partial charge in [0.25, 0.3) is 5.91 Å². The minimum atomic E-state index is 0.0554. The average molecular weight is 455 g/mol. The van der Waals surface area contributed by atoms with E-state index in [-0.39, 0.29) is 17.4 Å². The molecule has 1 saturated carbocycles. The van der Waals surface area contributed by atoms with E-state index in [0.717, 1.165) is 49.3 Å². The SMILES string of the molecule is CC(C)c1ccnc(-c2cnc(N3CC4(CC4)c4ccc(C(=O)N5CC[C@@H](N)C5)cc43)nc2)c1. The number of rotatable bonds is 4. The first-order valence-corrected chi connectivity index (χ1v) is 12.2. The lowest BCUT2D eigenvalue weighted by atomic mass is 9.97. The van der Waals surface area contributed by atoms with Crippen molar-refractivity contribution in [3.8, 4) is 11.3 Å². The highest BCUT2D eigenvalue weighted by molar-refractivity contribution is 5.96. The molecule has 0 unspecified atom stereocenters. The van der Waals surface area contributed by atoms with Gasteiger partial charge >= 0.3 is 0 Å². The molecule has 7 heteroatoms. The van der Waals surface area contributed by atoms with Gasteiger partial charge in [0.2, 0.25) is 5.95 Å². The highest BCUT2D eigenvalue weighted by atomic mass is 16.2. The number of nitrogens with zero attached hydrogens (tertiary/aromatic N) is 5. The fraction of sp³-hybridized carbons (Fsp3) is 0.407. The lowest BCUT2D eigenvalue weighted by Gasteiger charge is -2.20. The Morgan fingerprint density at radius 2 is 1.91 bits per heavy atom. The van der Waals surface area contributed by atoms with E-state index in [9.17, 15) is 4.79 Å². The van der Waals surface area contributed by atoms with Gasteiger partial charge in [0.15, 0.2) is 0 Å². The van der Waals surface area contributed by atoms with Crippen LogP contribution >= 0.6 is 0 Å². The summed E-state index contributed by atoms with van der Waals surface area (Å²) in [5.74, 6) is 1.16. The van der Waals surface area contributed by atoms with E-state index in [1.165, 1.54) is 11.1 Å². The Balaban J connectivity index is 1.31. The van der Waals surface area contributed by atoms with Crippen molar-refractivity contribution in [2.45, 2.75) is 50.5 Å². The largest absolute Gasteiger partial charge is 0.337 e. The van der Waals surface area contributed by atoms with Crippen molar-refractivity contribution in [1.82, 2.24) is 19.9 Å². The number of fused-ring (bicyclic) bond motifs is 2. The molecule has 1 amide bonds. The summed E-state index contributed by atoms with van der Waals surface area (Å²) in [7, 11) is 0. The maximum absolute atomic E-state index is 13.1. The van der Waals surface area contributed by atoms with Gasteiger partial charge in [-0.2, -0.15) is 0 Å². The molecule has 0 bridgehead atoms. The molecule has 34 heavy (non-hydrogen) atoms. The fourth-order valence-corrected chi connectivity index (χ4v) is 5.28. The van der Waals surface area contributed by atoms with Crippen molar-refractivity contribution in [2.24, 2.45) is 5.73 Å². The van der Waals surface area contributed by atoms with Crippen LogP contribution < -0.4 is 10.6 Å². The van der Waals surface area contributed by atoms with Gasteiger partial charge in [0.1, 0.15) is 0 Å². The number of hydrogen-bond acceptors (Lipinski definition) is 6. The number of benzene rings is 1. The number of pyridine rings is 1. The lowest BCUT2D eigenvalue weighted by Crippen LogP contribution is -2.31. The first kappa shape index (κ1) is 21.2. The zero-order chi connectivity index (χ0) is 23.4. The zero-order valence-corrected chi connectivity index (χ0v) is 19.7. The van der Waals surface area contributed by atoms with Crippen molar-refractivity contribution >= 4 is 17.5 Å². The third-order valence-corrected chi connectivity index (χ3v) is 7.56. The zero-order valence-electron chi connectivity index (χ0n) is 19.7. The molecule has 4 heterocycles. The van der Waals surface area contributed by atoms with Gasteiger partial charge in [-0.15, -0.1) is 0 Å². The van der Waals surface area contributed by atoms with Crippen molar-refractivity contribution in [2.75, 3.05) is 24.5 Å². The molecule has 1 atom stereocenters. The fourth-order valence-electron chi connectivity index (χ4n) is 5.28. The maximum atomic E-state index is 13.1. The Morgan fingerprint density at radius 3 is 2.59 bits per heavy atom. The number of carbonyl (C=O) groups is 1. The van der Waals surface area contributed by atoms with E-state index >= 15 is 0 Å². The van der Waals surface area contributed by atoms with Crippen LogP contribution in [0.25, 0.3) is 11.3 Å². The lowest BCUT2D eigenvalue weighted by molar-refractivity contribution is 0.0791. The molecule has 1 spiro atoms. The van der Waals surface area contributed by atoms with E-state index < -0.39 is 0 Å². The summed E-state index contributed by atoms with van der Waals surface area (Å²) >= 11 is 0. The number of nitrogens with two attached hydrogens (primary N) is 1. The monoisotopic (exact) mass is 454 g/mol. The van der Waals surface area contributed by atoms with Gasteiger partial charge in [-0.05, 0) is 60.6 Å². The van der Waals surface area contributed by atoms with Gasteiger partial charge in [-0.25, -0.2) is 9.97 Å². The summed E-state index contributed by atoms with van der Waals surface area (Å²) in [5, 5.41) is 0. The molecule has 0 radical (unpaired) electrons. The van der Waals surface area contributed by atoms with Gasteiger partial charge in [-0.1, -0.05) is 19.9 Å². The van der Waals surface area contributed by atoms with Crippen LogP contribution in [-0.4, -0.2) is 51.4 Å². The van der Waals surface area contributed by atoms with Crippen LogP contribution in [0.5, 0.6) is 0 Å². The molecular formula is C27H30N6O. The van der Waals surface area contributed by atoms with E-state index in [2.05, 4.69) is 35.9 Å². The Hall–Kier alpha value is -3.32. The van der Waals surface area contributed by atoms with Crippen molar-refractivity contribution in [1.29, 1.82) is 0 Å². The molecule has 2 N–H and O–H groups in total. The standard InChI is InChI=1S/C27H30N6O/c1-17(2)18-5-9-29-23(11-18)20-13-30-26(31-14-20)33-16-27(7-8-27)22-4-3-19(12-24(22)33)25(34)32-10-6-21(28)15-32/h3-5,9,11-14,17,21H,6-8,10,15-16,28H2,1-2H3/t21-/m1/s1. The number of likely N-dealkylation sites (tertiary alicyclic amines) is 1. The molecule has 6 rings (SSSR count). The van der Waals surface area contributed by atoms with Crippen LogP contribution in [0, 0.1) is 0 Å². The third-order valence-electron chi connectivity index (χ3n) is 7.56. The van der Waals surface area contributed by atoms with E-state index in [0.29, 0.717) is 24.0 Å². The summed E-state index contributed by atoms with van der Waals surface area (Å²) in [6, 6.07) is 10.4. The molecule has 1 aliphatic carbocycles. The molecule has 174 valence electrons. The Morgan fingerprint density at radius 1 is 1.12 bits per heavy atom. The van der Waals surface area contributed by atoms with E-state index in [1.54, 1.807) is 0 Å². The molecule has 2 aromatic heterocycles. The van der Waals surface area contributed by atoms with Gasteiger partial charge < -0.3 is 15.5 Å². The van der Waals surface area contributed by atoms with Gasteiger partial charge in [0.05, 0.1) is 5.69 Å². The molecule has 3 aliphatic rings. The normalized spacial score (nSPS) is 20.3. The Bertz CT molecular complexity index is 1250. The van der Waals surface area contributed by atoms with Crippen LogP contribution in [0.1, 0.15) is 60.5 Å². The Kier molecular flexibility index (Phi) is 4.92. The van der Waals surface area contributed by atoms with Crippen molar-refractivity contribution in [3.05, 3.63) is 65.6 Å². The highest BCUT2D eigenvalue weighted by Crippen LogP contribution is 2.57. The number of aromatic nitrogens is 3. The minimum absolute atomic E-state index is 0.0554. The third kappa shape index (κ3) is 3.55. The maximum Gasteiger partial charge on any atom is 0.253 e. The van der Waals surface area contributed by atoms with Crippen LogP contribution in [0.15, 0.2) is 48.9 Å². The molecule has 7 nitrogen and oxygen atoms in total. The summed E-state index contributed by atoms with van der Waals surface area (Å²) in [4.78, 5) is 31.1. The van der Waals surface area contributed by atoms with Crippen molar-refractivity contribution in [3.63, 3.8) is 0 Å². The summed E-state index contributed by atoms with van der Waals surface area (Å²) in [6.45, 7) is 6.55. The quantitative estimate of drug-likeness (QED) is 0.641. The number of anilines is 2. The minimum Gasteiger partial charge on any atom is -0.337 e. The second kappa shape index (κ2) is 7.87.